The van der Waals surface area contributed by atoms with Crippen LogP contribution in [0.2, 0.25) is 5.02 Å². The van der Waals surface area contributed by atoms with E-state index in [0.717, 1.165) is 25.9 Å². The highest BCUT2D eigenvalue weighted by atomic mass is 35.5. The lowest BCUT2D eigenvalue weighted by atomic mass is 10.0. The van der Waals surface area contributed by atoms with Crippen LogP contribution in [0.15, 0.2) is 24.3 Å². The molecule has 2 amide bonds. The minimum absolute atomic E-state index is 0.0292. The standard InChI is InChI=1S/C17H23ClN2O2/c1-12(2)10-15(17(22)20-8-3-4-9-20)19-16(21)13-6-5-7-14(18)11-13/h5-7,11-12,15H,3-4,8-10H2,1-2H3,(H,19,21)/t15-/m0/s1. The molecule has 1 aromatic rings. The number of likely N-dealkylation sites (tertiary alicyclic amines) is 1. The molecule has 0 radical (unpaired) electrons. The van der Waals surface area contributed by atoms with Crippen molar-refractivity contribution in [3.05, 3.63) is 34.9 Å². The molecule has 1 aromatic carbocycles. The van der Waals surface area contributed by atoms with Gasteiger partial charge in [0.05, 0.1) is 0 Å². The third kappa shape index (κ3) is 4.47. The number of nitrogens with one attached hydrogen (secondary N) is 1. The summed E-state index contributed by atoms with van der Waals surface area (Å²) in [5.74, 6) is 0.110. The third-order valence-electron chi connectivity index (χ3n) is 3.82. The maximum absolute atomic E-state index is 12.6. The first-order valence-corrected chi connectivity index (χ1v) is 8.20. The Kier molecular flexibility index (Phi) is 5.83. The molecule has 4 nitrogen and oxygen atoms in total. The molecule has 1 aliphatic heterocycles. The molecule has 120 valence electrons. The van der Waals surface area contributed by atoms with E-state index in [9.17, 15) is 9.59 Å². The van der Waals surface area contributed by atoms with E-state index in [4.69, 9.17) is 11.6 Å². The van der Waals surface area contributed by atoms with Crippen LogP contribution in [0.5, 0.6) is 0 Å². The number of hydrogen-bond donors (Lipinski definition) is 1. The Morgan fingerprint density at radius 1 is 1.27 bits per heavy atom. The van der Waals surface area contributed by atoms with Gasteiger partial charge in [-0.3, -0.25) is 9.59 Å². The molecule has 0 spiro atoms. The number of nitrogens with zero attached hydrogens (tertiary/aromatic N) is 1. The summed E-state index contributed by atoms with van der Waals surface area (Å²) in [4.78, 5) is 26.8. The van der Waals surface area contributed by atoms with Gasteiger partial charge in [0.15, 0.2) is 0 Å². The first-order valence-electron chi connectivity index (χ1n) is 7.82. The summed E-state index contributed by atoms with van der Waals surface area (Å²) in [6.07, 6.45) is 2.73. The van der Waals surface area contributed by atoms with Crippen LogP contribution < -0.4 is 5.32 Å². The topological polar surface area (TPSA) is 49.4 Å². The molecule has 0 saturated carbocycles. The molecule has 1 saturated heterocycles. The quantitative estimate of drug-likeness (QED) is 0.905. The lowest BCUT2D eigenvalue weighted by Crippen LogP contribution is -2.48. The Balaban J connectivity index is 2.08. The van der Waals surface area contributed by atoms with E-state index < -0.39 is 6.04 Å². The van der Waals surface area contributed by atoms with Gasteiger partial charge < -0.3 is 10.2 Å². The van der Waals surface area contributed by atoms with Crippen molar-refractivity contribution in [3.63, 3.8) is 0 Å². The molecule has 1 atom stereocenters. The number of benzene rings is 1. The van der Waals surface area contributed by atoms with Gasteiger partial charge in [-0.2, -0.15) is 0 Å². The first-order chi connectivity index (χ1) is 10.5. The van der Waals surface area contributed by atoms with Gasteiger partial charge in [-0.05, 0) is 43.4 Å². The van der Waals surface area contributed by atoms with Crippen molar-refractivity contribution in [1.29, 1.82) is 0 Å². The highest BCUT2D eigenvalue weighted by molar-refractivity contribution is 6.31. The van der Waals surface area contributed by atoms with Crippen molar-refractivity contribution < 1.29 is 9.59 Å². The summed E-state index contributed by atoms with van der Waals surface area (Å²) in [5, 5.41) is 3.39. The van der Waals surface area contributed by atoms with Gasteiger partial charge in [0.2, 0.25) is 5.91 Å². The molecule has 1 N–H and O–H groups in total. The van der Waals surface area contributed by atoms with Crippen LogP contribution in [-0.4, -0.2) is 35.8 Å². The van der Waals surface area contributed by atoms with Crippen LogP contribution in [0.25, 0.3) is 0 Å². The fourth-order valence-corrected chi connectivity index (χ4v) is 2.91. The Labute approximate surface area is 136 Å². The Morgan fingerprint density at radius 3 is 2.55 bits per heavy atom. The number of rotatable bonds is 5. The number of carbonyl (C=O) groups excluding carboxylic acids is 2. The number of hydrogen-bond acceptors (Lipinski definition) is 2. The van der Waals surface area contributed by atoms with Crippen molar-refractivity contribution in [2.75, 3.05) is 13.1 Å². The summed E-state index contributed by atoms with van der Waals surface area (Å²) >= 11 is 5.92. The maximum atomic E-state index is 12.6. The average Bonchev–Trinajstić information content (AvgIpc) is 2.99. The molecule has 0 bridgehead atoms. The van der Waals surface area contributed by atoms with E-state index in [2.05, 4.69) is 19.2 Å². The number of carbonyl (C=O) groups is 2. The van der Waals surface area contributed by atoms with E-state index in [0.29, 0.717) is 22.9 Å². The van der Waals surface area contributed by atoms with Crippen molar-refractivity contribution in [2.45, 2.75) is 39.2 Å². The first kappa shape index (κ1) is 16.8. The molecule has 1 fully saturated rings. The summed E-state index contributed by atoms with van der Waals surface area (Å²) in [6.45, 7) is 5.69. The maximum Gasteiger partial charge on any atom is 0.251 e. The summed E-state index contributed by atoms with van der Waals surface area (Å²) in [5.41, 5.74) is 0.482. The van der Waals surface area contributed by atoms with Crippen LogP contribution in [0.3, 0.4) is 0 Å². The van der Waals surface area contributed by atoms with E-state index in [1.54, 1.807) is 24.3 Å². The Bertz CT molecular complexity index is 539. The summed E-state index contributed by atoms with van der Waals surface area (Å²) in [7, 11) is 0. The van der Waals surface area contributed by atoms with Crippen molar-refractivity contribution in [2.24, 2.45) is 5.92 Å². The molecule has 5 heteroatoms. The predicted octanol–water partition coefficient (Wildman–Crippen LogP) is 3.11. The van der Waals surface area contributed by atoms with E-state index in [-0.39, 0.29) is 11.8 Å². The molecule has 2 rings (SSSR count). The van der Waals surface area contributed by atoms with E-state index >= 15 is 0 Å². The number of amides is 2. The normalized spacial score (nSPS) is 15.9. The largest absolute Gasteiger partial charge is 0.341 e. The van der Waals surface area contributed by atoms with Crippen molar-refractivity contribution >= 4 is 23.4 Å². The van der Waals surface area contributed by atoms with Crippen LogP contribution in [0.1, 0.15) is 43.5 Å². The Morgan fingerprint density at radius 2 is 1.95 bits per heavy atom. The highest BCUT2D eigenvalue weighted by Crippen LogP contribution is 2.15. The zero-order valence-corrected chi connectivity index (χ0v) is 13.9. The third-order valence-corrected chi connectivity index (χ3v) is 4.05. The van der Waals surface area contributed by atoms with Crippen LogP contribution in [-0.2, 0) is 4.79 Å². The van der Waals surface area contributed by atoms with Gasteiger partial charge in [-0.1, -0.05) is 31.5 Å². The molecule has 1 aliphatic rings. The van der Waals surface area contributed by atoms with Gasteiger partial charge in [0, 0.05) is 23.7 Å². The number of halogens is 1. The van der Waals surface area contributed by atoms with Gasteiger partial charge >= 0.3 is 0 Å². The fraction of sp³-hybridized carbons (Fsp3) is 0.529. The second-order valence-electron chi connectivity index (χ2n) is 6.20. The monoisotopic (exact) mass is 322 g/mol. The predicted molar refractivity (Wildman–Crippen MR) is 88.0 cm³/mol. The van der Waals surface area contributed by atoms with E-state index in [1.807, 2.05) is 4.90 Å². The second kappa shape index (κ2) is 7.63. The fourth-order valence-electron chi connectivity index (χ4n) is 2.72. The average molecular weight is 323 g/mol. The molecule has 22 heavy (non-hydrogen) atoms. The van der Waals surface area contributed by atoms with Crippen LogP contribution in [0.4, 0.5) is 0 Å². The van der Waals surface area contributed by atoms with Gasteiger partial charge in [0.1, 0.15) is 6.04 Å². The van der Waals surface area contributed by atoms with Crippen LogP contribution >= 0.6 is 11.6 Å². The zero-order valence-electron chi connectivity index (χ0n) is 13.1. The SMILES string of the molecule is CC(C)C[C@H](NC(=O)c1cccc(Cl)c1)C(=O)N1CCCC1. The highest BCUT2D eigenvalue weighted by Gasteiger charge is 2.28. The van der Waals surface area contributed by atoms with Crippen LogP contribution in [0, 0.1) is 5.92 Å². The molecule has 0 aromatic heterocycles. The molecular formula is C17H23ClN2O2. The van der Waals surface area contributed by atoms with Crippen molar-refractivity contribution in [3.8, 4) is 0 Å². The lowest BCUT2D eigenvalue weighted by molar-refractivity contribution is -0.132. The second-order valence-corrected chi connectivity index (χ2v) is 6.63. The van der Waals surface area contributed by atoms with Crippen molar-refractivity contribution in [1.82, 2.24) is 10.2 Å². The minimum atomic E-state index is -0.468. The van der Waals surface area contributed by atoms with Gasteiger partial charge in [0.25, 0.3) is 5.91 Å². The zero-order chi connectivity index (χ0) is 16.1. The minimum Gasteiger partial charge on any atom is -0.341 e. The summed E-state index contributed by atoms with van der Waals surface area (Å²) < 4.78 is 0. The van der Waals surface area contributed by atoms with Gasteiger partial charge in [-0.25, -0.2) is 0 Å². The molecular weight excluding hydrogens is 300 g/mol. The Hall–Kier alpha value is -1.55. The van der Waals surface area contributed by atoms with E-state index in [1.165, 1.54) is 0 Å². The molecule has 0 aliphatic carbocycles. The molecule has 0 unspecified atom stereocenters. The lowest BCUT2D eigenvalue weighted by Gasteiger charge is -2.25. The smallest absolute Gasteiger partial charge is 0.251 e. The van der Waals surface area contributed by atoms with Gasteiger partial charge in [-0.15, -0.1) is 0 Å². The summed E-state index contributed by atoms with van der Waals surface area (Å²) in [6, 6.07) is 6.30. The molecule has 1 heterocycles.